The van der Waals surface area contributed by atoms with Crippen molar-refractivity contribution in [3.05, 3.63) is 21.9 Å². The summed E-state index contributed by atoms with van der Waals surface area (Å²) < 4.78 is 0. The van der Waals surface area contributed by atoms with E-state index in [0.717, 1.165) is 12.8 Å². The van der Waals surface area contributed by atoms with Gasteiger partial charge in [-0.25, -0.2) is 0 Å². The smallest absolute Gasteiger partial charge is 0.0492 e. The van der Waals surface area contributed by atoms with E-state index in [-0.39, 0.29) is 11.6 Å². The monoisotopic (exact) mass is 266 g/mol. The molecular weight excluding hydrogens is 240 g/mol. The zero-order valence-corrected chi connectivity index (χ0v) is 12.7. The van der Waals surface area contributed by atoms with Gasteiger partial charge in [-0.1, -0.05) is 13.8 Å². The average Bonchev–Trinajstić information content (AvgIpc) is 3.02. The summed E-state index contributed by atoms with van der Waals surface area (Å²) in [5.74, 6) is 0. The Balaban J connectivity index is 2.31. The summed E-state index contributed by atoms with van der Waals surface area (Å²) in [7, 11) is 0. The standard InChI is InChI=1S/C15H26N2S/c1-4-15(5-2,17-9-6-7-10-17)14(16)13-8-11-18-12(13)3/h8,11,14H,4-7,9-10,16H2,1-3H3. The first-order valence-electron chi connectivity index (χ1n) is 7.20. The number of aryl methyl sites for hydroxylation is 1. The molecule has 0 aromatic carbocycles. The van der Waals surface area contributed by atoms with Crippen molar-refractivity contribution in [1.82, 2.24) is 4.90 Å². The molecule has 2 N–H and O–H groups in total. The molecule has 1 atom stereocenters. The Morgan fingerprint density at radius 3 is 2.39 bits per heavy atom. The summed E-state index contributed by atoms with van der Waals surface area (Å²) in [5.41, 5.74) is 8.20. The van der Waals surface area contributed by atoms with Crippen LogP contribution >= 0.6 is 11.3 Å². The highest BCUT2D eigenvalue weighted by atomic mass is 32.1. The van der Waals surface area contributed by atoms with E-state index in [2.05, 4.69) is 37.1 Å². The van der Waals surface area contributed by atoms with Crippen molar-refractivity contribution in [1.29, 1.82) is 0 Å². The third-order valence-corrected chi connectivity index (χ3v) is 5.63. The minimum atomic E-state index is 0.150. The van der Waals surface area contributed by atoms with Crippen molar-refractivity contribution >= 4 is 11.3 Å². The molecule has 2 nitrogen and oxygen atoms in total. The fourth-order valence-electron chi connectivity index (χ4n) is 3.50. The third kappa shape index (κ3) is 2.24. The quantitative estimate of drug-likeness (QED) is 0.880. The molecule has 1 aliphatic heterocycles. The summed E-state index contributed by atoms with van der Waals surface area (Å²) in [6, 6.07) is 2.37. The molecule has 1 saturated heterocycles. The molecule has 1 fully saturated rings. The van der Waals surface area contributed by atoms with Gasteiger partial charge in [-0.05, 0) is 62.7 Å². The largest absolute Gasteiger partial charge is 0.322 e. The van der Waals surface area contributed by atoms with Crippen LogP contribution in [0.15, 0.2) is 11.4 Å². The van der Waals surface area contributed by atoms with Gasteiger partial charge in [0.15, 0.2) is 0 Å². The van der Waals surface area contributed by atoms with E-state index < -0.39 is 0 Å². The topological polar surface area (TPSA) is 29.3 Å². The minimum absolute atomic E-state index is 0.150. The van der Waals surface area contributed by atoms with Crippen molar-refractivity contribution in [2.75, 3.05) is 13.1 Å². The van der Waals surface area contributed by atoms with Gasteiger partial charge in [-0.3, -0.25) is 4.90 Å². The summed E-state index contributed by atoms with van der Waals surface area (Å²) in [4.78, 5) is 4.03. The van der Waals surface area contributed by atoms with Crippen LogP contribution in [0.4, 0.5) is 0 Å². The molecule has 1 aliphatic rings. The summed E-state index contributed by atoms with van der Waals surface area (Å²) in [5, 5.41) is 2.17. The zero-order chi connectivity index (χ0) is 13.2. The maximum Gasteiger partial charge on any atom is 0.0492 e. The van der Waals surface area contributed by atoms with Crippen LogP contribution in [0.3, 0.4) is 0 Å². The minimum Gasteiger partial charge on any atom is -0.322 e. The van der Waals surface area contributed by atoms with Gasteiger partial charge < -0.3 is 5.73 Å². The second-order valence-electron chi connectivity index (χ2n) is 5.41. The molecule has 0 bridgehead atoms. The van der Waals surface area contributed by atoms with Crippen LogP contribution in [-0.4, -0.2) is 23.5 Å². The van der Waals surface area contributed by atoms with Crippen LogP contribution in [-0.2, 0) is 0 Å². The van der Waals surface area contributed by atoms with Gasteiger partial charge in [0.25, 0.3) is 0 Å². The van der Waals surface area contributed by atoms with Crippen molar-refractivity contribution in [2.24, 2.45) is 5.73 Å². The molecule has 1 aromatic rings. The summed E-state index contributed by atoms with van der Waals surface area (Å²) in [6.45, 7) is 9.23. The first-order valence-corrected chi connectivity index (χ1v) is 8.08. The maximum atomic E-state index is 6.69. The molecule has 0 radical (unpaired) electrons. The fraction of sp³-hybridized carbons (Fsp3) is 0.733. The van der Waals surface area contributed by atoms with Crippen LogP contribution in [0.2, 0.25) is 0 Å². The Morgan fingerprint density at radius 2 is 1.94 bits per heavy atom. The molecule has 1 unspecified atom stereocenters. The molecule has 2 heterocycles. The zero-order valence-electron chi connectivity index (χ0n) is 11.9. The van der Waals surface area contributed by atoms with Gasteiger partial charge in [-0.2, -0.15) is 0 Å². The van der Waals surface area contributed by atoms with Crippen LogP contribution in [0, 0.1) is 6.92 Å². The molecule has 3 heteroatoms. The molecule has 102 valence electrons. The molecule has 0 aliphatic carbocycles. The average molecular weight is 266 g/mol. The van der Waals surface area contributed by atoms with Gasteiger partial charge in [-0.15, -0.1) is 11.3 Å². The highest BCUT2D eigenvalue weighted by molar-refractivity contribution is 7.10. The molecule has 18 heavy (non-hydrogen) atoms. The first-order chi connectivity index (χ1) is 8.65. The normalized spacial score (nSPS) is 19.3. The number of likely N-dealkylation sites (tertiary alicyclic amines) is 1. The Morgan fingerprint density at radius 1 is 1.33 bits per heavy atom. The predicted octanol–water partition coefficient (Wildman–Crippen LogP) is 3.71. The molecule has 0 amide bonds. The molecule has 0 spiro atoms. The summed E-state index contributed by atoms with van der Waals surface area (Å²) in [6.07, 6.45) is 4.94. The number of rotatable bonds is 5. The number of hydrogen-bond donors (Lipinski definition) is 1. The van der Waals surface area contributed by atoms with Crippen molar-refractivity contribution < 1.29 is 0 Å². The molecule has 2 rings (SSSR count). The third-order valence-electron chi connectivity index (χ3n) is 4.77. The molecular formula is C15H26N2S. The lowest BCUT2D eigenvalue weighted by atomic mass is 9.80. The second-order valence-corrected chi connectivity index (χ2v) is 6.53. The van der Waals surface area contributed by atoms with E-state index >= 15 is 0 Å². The van der Waals surface area contributed by atoms with E-state index in [1.165, 1.54) is 36.4 Å². The van der Waals surface area contributed by atoms with Crippen molar-refractivity contribution in [2.45, 2.75) is 58.0 Å². The Hall–Kier alpha value is -0.380. The lowest BCUT2D eigenvalue weighted by Crippen LogP contribution is -2.53. The van der Waals surface area contributed by atoms with Gasteiger partial charge in [0.05, 0.1) is 0 Å². The maximum absolute atomic E-state index is 6.69. The number of nitrogens with zero attached hydrogens (tertiary/aromatic N) is 1. The Bertz CT molecular complexity index is 376. The van der Waals surface area contributed by atoms with Crippen molar-refractivity contribution in [3.63, 3.8) is 0 Å². The number of nitrogens with two attached hydrogens (primary N) is 1. The number of thiophene rings is 1. The Labute approximate surface area is 115 Å². The van der Waals surface area contributed by atoms with E-state index in [1.807, 2.05) is 11.3 Å². The molecule has 1 aromatic heterocycles. The Kier molecular flexibility index (Phi) is 4.46. The lowest BCUT2D eigenvalue weighted by Gasteiger charge is -2.45. The SMILES string of the molecule is CCC(CC)(C(N)c1ccsc1C)N1CCCC1. The van der Waals surface area contributed by atoms with E-state index in [0.29, 0.717) is 0 Å². The van der Waals surface area contributed by atoms with Crippen LogP contribution in [0.1, 0.15) is 56.0 Å². The molecule has 0 saturated carbocycles. The van der Waals surface area contributed by atoms with E-state index in [1.54, 1.807) is 0 Å². The lowest BCUT2D eigenvalue weighted by molar-refractivity contribution is 0.0766. The van der Waals surface area contributed by atoms with Gasteiger partial charge in [0.1, 0.15) is 0 Å². The van der Waals surface area contributed by atoms with Crippen molar-refractivity contribution in [3.8, 4) is 0 Å². The van der Waals surface area contributed by atoms with E-state index in [4.69, 9.17) is 5.73 Å². The van der Waals surface area contributed by atoms with Gasteiger partial charge >= 0.3 is 0 Å². The van der Waals surface area contributed by atoms with Crippen LogP contribution in [0.25, 0.3) is 0 Å². The second kappa shape index (κ2) is 5.72. The highest BCUT2D eigenvalue weighted by Gasteiger charge is 2.41. The van der Waals surface area contributed by atoms with Gasteiger partial charge in [0, 0.05) is 16.5 Å². The van der Waals surface area contributed by atoms with E-state index in [9.17, 15) is 0 Å². The van der Waals surface area contributed by atoms with Crippen LogP contribution in [0.5, 0.6) is 0 Å². The van der Waals surface area contributed by atoms with Gasteiger partial charge in [0.2, 0.25) is 0 Å². The fourth-order valence-corrected chi connectivity index (χ4v) is 4.25. The highest BCUT2D eigenvalue weighted by Crippen LogP contribution is 2.39. The van der Waals surface area contributed by atoms with Crippen LogP contribution < -0.4 is 5.73 Å². The number of hydrogen-bond acceptors (Lipinski definition) is 3. The predicted molar refractivity (Wildman–Crippen MR) is 80.1 cm³/mol. The summed E-state index contributed by atoms with van der Waals surface area (Å²) >= 11 is 1.81. The first kappa shape index (κ1) is 14.0.